The molecule has 1 fully saturated rings. The molecule has 6 nitrogen and oxygen atoms in total. The Morgan fingerprint density at radius 1 is 0.781 bits per heavy atom. The third kappa shape index (κ3) is 4.72. The molecule has 32 heavy (non-hydrogen) atoms. The summed E-state index contributed by atoms with van der Waals surface area (Å²) in [5.74, 6) is -1.14. The molecule has 0 saturated carbocycles. The molecule has 3 aromatic carbocycles. The van der Waals surface area contributed by atoms with Gasteiger partial charge in [0.25, 0.3) is 15.9 Å². The van der Waals surface area contributed by atoms with Crippen molar-refractivity contribution in [3.05, 3.63) is 90.0 Å². The summed E-state index contributed by atoms with van der Waals surface area (Å²) in [4.78, 5) is 16.8. The topological polar surface area (TPSA) is 69.7 Å². The minimum Gasteiger partial charge on any atom is -0.368 e. The lowest BCUT2D eigenvalue weighted by molar-refractivity contribution is 0.0748. The lowest BCUT2D eigenvalue weighted by Gasteiger charge is -2.36. The van der Waals surface area contributed by atoms with Crippen molar-refractivity contribution in [1.82, 2.24) is 4.90 Å². The van der Waals surface area contributed by atoms with Crippen LogP contribution in [0.5, 0.6) is 0 Å². The minimum absolute atomic E-state index is 0.103. The second-order valence-electron chi connectivity index (χ2n) is 7.36. The molecule has 0 unspecified atom stereocenters. The Kier molecular flexibility index (Phi) is 6.09. The summed E-state index contributed by atoms with van der Waals surface area (Å²) in [5.41, 5.74) is 1.27. The highest BCUT2D eigenvalue weighted by Gasteiger charge is 2.25. The summed E-state index contributed by atoms with van der Waals surface area (Å²) in [6.45, 7) is 2.02. The number of nitrogens with zero attached hydrogens (tertiary/aromatic N) is 2. The summed E-state index contributed by atoms with van der Waals surface area (Å²) in [5, 5.41) is 0. The molecule has 3 aromatic rings. The number of hydrogen-bond donors (Lipinski definition) is 1. The maximum atomic E-state index is 13.2. The molecule has 1 N–H and O–H groups in total. The quantitative estimate of drug-likeness (QED) is 0.634. The third-order valence-corrected chi connectivity index (χ3v) is 6.67. The number of rotatable bonds is 5. The van der Waals surface area contributed by atoms with Gasteiger partial charge in [-0.2, -0.15) is 0 Å². The van der Waals surface area contributed by atoms with Crippen LogP contribution in [0.15, 0.2) is 77.7 Å². The Balaban J connectivity index is 1.48. The van der Waals surface area contributed by atoms with Gasteiger partial charge in [-0.05, 0) is 60.7 Å². The molecule has 0 spiro atoms. The van der Waals surface area contributed by atoms with Crippen LogP contribution in [0.4, 0.5) is 20.2 Å². The lowest BCUT2D eigenvalue weighted by Crippen LogP contribution is -2.49. The molecule has 166 valence electrons. The number of nitrogens with one attached hydrogen (secondary N) is 1. The van der Waals surface area contributed by atoms with Crippen LogP contribution >= 0.6 is 0 Å². The normalized spacial score (nSPS) is 14.3. The first-order valence-corrected chi connectivity index (χ1v) is 11.5. The Hall–Kier alpha value is -3.46. The maximum absolute atomic E-state index is 13.2. The smallest absolute Gasteiger partial charge is 0.261 e. The predicted molar refractivity (Wildman–Crippen MR) is 118 cm³/mol. The van der Waals surface area contributed by atoms with E-state index in [2.05, 4.69) is 9.62 Å². The van der Waals surface area contributed by atoms with E-state index in [1.165, 1.54) is 18.2 Å². The Morgan fingerprint density at radius 2 is 1.34 bits per heavy atom. The zero-order valence-electron chi connectivity index (χ0n) is 17.0. The summed E-state index contributed by atoms with van der Waals surface area (Å²) >= 11 is 0. The molecule has 1 heterocycles. The molecule has 0 bridgehead atoms. The zero-order chi connectivity index (χ0) is 22.7. The fourth-order valence-corrected chi connectivity index (χ4v) is 4.65. The predicted octanol–water partition coefficient (Wildman–Crippen LogP) is 3.73. The van der Waals surface area contributed by atoms with Gasteiger partial charge in [0.1, 0.15) is 11.6 Å². The van der Waals surface area contributed by atoms with Crippen LogP contribution in [0.2, 0.25) is 0 Å². The number of hydrogen-bond acceptors (Lipinski definition) is 4. The molecule has 0 aromatic heterocycles. The van der Waals surface area contributed by atoms with E-state index in [1.807, 2.05) is 0 Å². The average Bonchev–Trinajstić information content (AvgIpc) is 2.80. The fourth-order valence-electron chi connectivity index (χ4n) is 3.57. The van der Waals surface area contributed by atoms with Crippen molar-refractivity contribution in [3.8, 4) is 0 Å². The summed E-state index contributed by atoms with van der Waals surface area (Å²) in [6.07, 6.45) is 0. The Morgan fingerprint density at radius 3 is 1.97 bits per heavy atom. The van der Waals surface area contributed by atoms with Crippen LogP contribution in [0, 0.1) is 11.6 Å². The van der Waals surface area contributed by atoms with Gasteiger partial charge in [0.05, 0.1) is 16.1 Å². The Labute approximate surface area is 185 Å². The van der Waals surface area contributed by atoms with Crippen LogP contribution in [-0.4, -0.2) is 45.4 Å². The zero-order valence-corrected chi connectivity index (χ0v) is 17.9. The average molecular weight is 458 g/mol. The summed E-state index contributed by atoms with van der Waals surface area (Å²) in [6, 6.07) is 17.0. The molecule has 4 rings (SSSR count). The van der Waals surface area contributed by atoms with E-state index in [-0.39, 0.29) is 27.9 Å². The largest absolute Gasteiger partial charge is 0.368 e. The van der Waals surface area contributed by atoms with E-state index in [0.717, 1.165) is 30.0 Å². The van der Waals surface area contributed by atoms with Crippen LogP contribution in [0.1, 0.15) is 10.4 Å². The highest BCUT2D eigenvalue weighted by atomic mass is 32.2. The molecule has 1 amide bonds. The van der Waals surface area contributed by atoms with Crippen molar-refractivity contribution < 1.29 is 22.0 Å². The number of sulfonamides is 1. The number of piperazine rings is 1. The van der Waals surface area contributed by atoms with Crippen molar-refractivity contribution in [1.29, 1.82) is 0 Å². The molecule has 1 aliphatic heterocycles. The van der Waals surface area contributed by atoms with Gasteiger partial charge in [-0.3, -0.25) is 9.52 Å². The van der Waals surface area contributed by atoms with E-state index >= 15 is 0 Å². The molecule has 0 radical (unpaired) electrons. The van der Waals surface area contributed by atoms with Crippen LogP contribution in [-0.2, 0) is 10.0 Å². The van der Waals surface area contributed by atoms with Gasteiger partial charge < -0.3 is 9.80 Å². The SMILES string of the molecule is O=C(c1ccccc1NS(=O)(=O)c1ccc(F)cc1)N1CCN(c2ccc(F)cc2)CC1. The first kappa shape index (κ1) is 21.8. The third-order valence-electron chi connectivity index (χ3n) is 5.28. The van der Waals surface area contributed by atoms with Gasteiger partial charge >= 0.3 is 0 Å². The van der Waals surface area contributed by atoms with Crippen molar-refractivity contribution in [2.75, 3.05) is 35.8 Å². The van der Waals surface area contributed by atoms with Gasteiger partial charge in [0.2, 0.25) is 0 Å². The van der Waals surface area contributed by atoms with Gasteiger partial charge in [0.15, 0.2) is 0 Å². The Bertz CT molecular complexity index is 1210. The van der Waals surface area contributed by atoms with E-state index in [1.54, 1.807) is 35.2 Å². The first-order valence-electron chi connectivity index (χ1n) is 10.0. The van der Waals surface area contributed by atoms with Gasteiger partial charge in [0, 0.05) is 31.9 Å². The summed E-state index contributed by atoms with van der Waals surface area (Å²) in [7, 11) is -3.99. The number of carbonyl (C=O) groups is 1. The molecule has 0 atom stereocenters. The van der Waals surface area contributed by atoms with Crippen LogP contribution in [0.3, 0.4) is 0 Å². The van der Waals surface area contributed by atoms with Crippen molar-refractivity contribution in [3.63, 3.8) is 0 Å². The number of halogens is 2. The highest BCUT2D eigenvalue weighted by Crippen LogP contribution is 2.23. The van der Waals surface area contributed by atoms with Gasteiger partial charge in [-0.1, -0.05) is 12.1 Å². The van der Waals surface area contributed by atoms with Crippen molar-refractivity contribution in [2.45, 2.75) is 4.90 Å². The molecule has 9 heteroatoms. The molecular formula is C23H21F2N3O3S. The number of carbonyl (C=O) groups excluding carboxylic acids is 1. The molecular weight excluding hydrogens is 436 g/mol. The number of para-hydroxylation sites is 1. The van der Waals surface area contributed by atoms with Crippen molar-refractivity contribution >= 4 is 27.3 Å². The fraction of sp³-hybridized carbons (Fsp3) is 0.174. The van der Waals surface area contributed by atoms with Gasteiger partial charge in [-0.15, -0.1) is 0 Å². The standard InChI is InChI=1S/C23H21F2N3O3S/c24-17-5-9-19(10-6-17)27-13-15-28(16-14-27)23(29)21-3-1-2-4-22(21)26-32(30,31)20-11-7-18(25)8-12-20/h1-12,26H,13-16H2. The summed E-state index contributed by atoms with van der Waals surface area (Å²) < 4.78 is 54.1. The second-order valence-corrected chi connectivity index (χ2v) is 9.04. The number of amides is 1. The maximum Gasteiger partial charge on any atom is 0.261 e. The lowest BCUT2D eigenvalue weighted by atomic mass is 10.1. The van der Waals surface area contributed by atoms with Crippen LogP contribution < -0.4 is 9.62 Å². The van der Waals surface area contributed by atoms with E-state index < -0.39 is 15.8 Å². The highest BCUT2D eigenvalue weighted by molar-refractivity contribution is 7.92. The minimum atomic E-state index is -3.99. The molecule has 0 aliphatic carbocycles. The number of benzene rings is 3. The monoisotopic (exact) mass is 457 g/mol. The first-order chi connectivity index (χ1) is 15.3. The second kappa shape index (κ2) is 8.96. The molecule has 1 saturated heterocycles. The van der Waals surface area contributed by atoms with E-state index in [9.17, 15) is 22.0 Å². The molecule has 1 aliphatic rings. The van der Waals surface area contributed by atoms with Crippen LogP contribution in [0.25, 0.3) is 0 Å². The van der Waals surface area contributed by atoms with E-state index in [4.69, 9.17) is 0 Å². The van der Waals surface area contributed by atoms with E-state index in [0.29, 0.717) is 26.2 Å². The van der Waals surface area contributed by atoms with Crippen molar-refractivity contribution in [2.24, 2.45) is 0 Å². The van der Waals surface area contributed by atoms with Gasteiger partial charge in [-0.25, -0.2) is 17.2 Å². The number of anilines is 2.